The van der Waals surface area contributed by atoms with E-state index in [0.717, 1.165) is 18.1 Å². The SMILES string of the molecule is C=CCSCCNC1CCCCC1CNC(=O)OC(C)(C)C. The van der Waals surface area contributed by atoms with Crippen LogP contribution in [0.1, 0.15) is 46.5 Å². The van der Waals surface area contributed by atoms with Crippen molar-refractivity contribution >= 4 is 17.9 Å². The smallest absolute Gasteiger partial charge is 0.407 e. The van der Waals surface area contributed by atoms with Crippen LogP contribution in [0.25, 0.3) is 0 Å². The van der Waals surface area contributed by atoms with Gasteiger partial charge in [-0.25, -0.2) is 4.79 Å². The predicted molar refractivity (Wildman–Crippen MR) is 95.5 cm³/mol. The number of amides is 1. The summed E-state index contributed by atoms with van der Waals surface area (Å²) in [6, 6.07) is 0.507. The average Bonchev–Trinajstić information content (AvgIpc) is 2.44. The number of carbonyl (C=O) groups excluding carboxylic acids is 1. The van der Waals surface area contributed by atoms with E-state index in [1.807, 2.05) is 38.6 Å². The zero-order chi connectivity index (χ0) is 16.4. The highest BCUT2D eigenvalue weighted by atomic mass is 32.2. The molecule has 2 N–H and O–H groups in total. The lowest BCUT2D eigenvalue weighted by Gasteiger charge is -2.32. The summed E-state index contributed by atoms with van der Waals surface area (Å²) in [5.41, 5.74) is -0.434. The van der Waals surface area contributed by atoms with Crippen LogP contribution in [0, 0.1) is 5.92 Å². The molecule has 1 rings (SSSR count). The molecule has 0 aromatic rings. The molecule has 128 valence electrons. The molecular weight excluding hydrogens is 296 g/mol. The third-order valence-electron chi connectivity index (χ3n) is 3.71. The van der Waals surface area contributed by atoms with E-state index in [-0.39, 0.29) is 6.09 Å². The Hall–Kier alpha value is -0.680. The Bertz CT molecular complexity index is 342. The fraction of sp³-hybridized carbons (Fsp3) is 0.824. The lowest BCUT2D eigenvalue weighted by Crippen LogP contribution is -2.45. The Morgan fingerprint density at radius 2 is 2.09 bits per heavy atom. The monoisotopic (exact) mass is 328 g/mol. The summed E-state index contributed by atoms with van der Waals surface area (Å²) in [6.07, 6.45) is 6.54. The van der Waals surface area contributed by atoms with Crippen LogP contribution in [0.4, 0.5) is 4.79 Å². The Morgan fingerprint density at radius 3 is 2.77 bits per heavy atom. The summed E-state index contributed by atoms with van der Waals surface area (Å²) in [5, 5.41) is 6.59. The summed E-state index contributed by atoms with van der Waals surface area (Å²) >= 11 is 1.90. The third-order valence-corrected chi connectivity index (χ3v) is 4.67. The first-order chi connectivity index (χ1) is 10.4. The fourth-order valence-corrected chi connectivity index (χ4v) is 3.33. The molecule has 5 heteroatoms. The first kappa shape index (κ1) is 19.4. The van der Waals surface area contributed by atoms with Crippen LogP contribution in [-0.4, -0.2) is 42.3 Å². The van der Waals surface area contributed by atoms with Gasteiger partial charge in [0.15, 0.2) is 0 Å². The summed E-state index contributed by atoms with van der Waals surface area (Å²) in [7, 11) is 0. The van der Waals surface area contributed by atoms with Crippen LogP contribution in [0.15, 0.2) is 12.7 Å². The van der Waals surface area contributed by atoms with E-state index in [0.29, 0.717) is 18.5 Å². The minimum Gasteiger partial charge on any atom is -0.444 e. The molecule has 1 fully saturated rings. The molecule has 1 aliphatic rings. The number of ether oxygens (including phenoxy) is 1. The van der Waals surface area contributed by atoms with Gasteiger partial charge in [-0.3, -0.25) is 0 Å². The Kier molecular flexibility index (Phi) is 8.95. The molecule has 0 radical (unpaired) electrons. The second-order valence-corrected chi connectivity index (χ2v) is 8.00. The normalized spacial score (nSPS) is 22.1. The van der Waals surface area contributed by atoms with E-state index in [1.165, 1.54) is 25.7 Å². The van der Waals surface area contributed by atoms with Crippen molar-refractivity contribution in [2.24, 2.45) is 5.92 Å². The van der Waals surface area contributed by atoms with Gasteiger partial charge in [-0.2, -0.15) is 11.8 Å². The van der Waals surface area contributed by atoms with Crippen LogP contribution in [0.3, 0.4) is 0 Å². The first-order valence-corrected chi connectivity index (χ1v) is 9.46. The van der Waals surface area contributed by atoms with E-state index >= 15 is 0 Å². The van der Waals surface area contributed by atoms with Crippen LogP contribution < -0.4 is 10.6 Å². The molecule has 0 aromatic heterocycles. The van der Waals surface area contributed by atoms with Gasteiger partial charge in [0.25, 0.3) is 0 Å². The predicted octanol–water partition coefficient (Wildman–Crippen LogP) is 3.58. The van der Waals surface area contributed by atoms with Gasteiger partial charge in [0.1, 0.15) is 5.60 Å². The standard InChI is InChI=1S/C17H32N2O2S/c1-5-11-22-12-10-18-15-9-7-6-8-14(15)13-19-16(20)21-17(2,3)4/h5,14-15,18H,1,6-13H2,2-4H3,(H,19,20). The molecule has 2 atom stereocenters. The molecule has 0 aromatic carbocycles. The number of rotatable bonds is 8. The van der Waals surface area contributed by atoms with Gasteiger partial charge in [-0.15, -0.1) is 6.58 Å². The molecular formula is C17H32N2O2S. The van der Waals surface area contributed by atoms with Crippen molar-refractivity contribution in [3.63, 3.8) is 0 Å². The minimum atomic E-state index is -0.434. The second-order valence-electron chi connectivity index (χ2n) is 6.85. The van der Waals surface area contributed by atoms with Gasteiger partial charge in [0.05, 0.1) is 0 Å². The maximum atomic E-state index is 11.8. The van der Waals surface area contributed by atoms with Crippen molar-refractivity contribution in [3.8, 4) is 0 Å². The van der Waals surface area contributed by atoms with Crippen LogP contribution in [0.5, 0.6) is 0 Å². The molecule has 1 aliphatic carbocycles. The molecule has 1 amide bonds. The molecule has 0 aliphatic heterocycles. The number of hydrogen-bond donors (Lipinski definition) is 2. The summed E-state index contributed by atoms with van der Waals surface area (Å²) in [4.78, 5) is 11.8. The quantitative estimate of drug-likeness (QED) is 0.528. The maximum absolute atomic E-state index is 11.8. The summed E-state index contributed by atoms with van der Waals surface area (Å²) in [6.45, 7) is 11.1. The zero-order valence-corrected chi connectivity index (χ0v) is 15.1. The van der Waals surface area contributed by atoms with Crippen molar-refractivity contribution in [1.29, 1.82) is 0 Å². The van der Waals surface area contributed by atoms with Crippen molar-refractivity contribution in [2.75, 3.05) is 24.6 Å². The van der Waals surface area contributed by atoms with Crippen LogP contribution in [-0.2, 0) is 4.74 Å². The fourth-order valence-electron chi connectivity index (χ4n) is 2.73. The van der Waals surface area contributed by atoms with Gasteiger partial charge >= 0.3 is 6.09 Å². The molecule has 0 spiro atoms. The van der Waals surface area contributed by atoms with E-state index in [4.69, 9.17) is 4.74 Å². The number of hydrogen-bond acceptors (Lipinski definition) is 4. The van der Waals surface area contributed by atoms with Gasteiger partial charge in [0.2, 0.25) is 0 Å². The summed E-state index contributed by atoms with van der Waals surface area (Å²) < 4.78 is 5.31. The molecule has 0 bridgehead atoms. The Balaban J connectivity index is 2.29. The largest absolute Gasteiger partial charge is 0.444 e. The molecule has 4 nitrogen and oxygen atoms in total. The van der Waals surface area contributed by atoms with Gasteiger partial charge in [0, 0.05) is 30.6 Å². The Labute approximate surface area is 139 Å². The van der Waals surface area contributed by atoms with E-state index < -0.39 is 5.60 Å². The topological polar surface area (TPSA) is 50.4 Å². The lowest BCUT2D eigenvalue weighted by atomic mass is 9.84. The molecule has 22 heavy (non-hydrogen) atoms. The van der Waals surface area contributed by atoms with Crippen LogP contribution >= 0.6 is 11.8 Å². The lowest BCUT2D eigenvalue weighted by molar-refractivity contribution is 0.0511. The molecule has 2 unspecified atom stereocenters. The highest BCUT2D eigenvalue weighted by molar-refractivity contribution is 7.99. The number of alkyl carbamates (subject to hydrolysis) is 1. The van der Waals surface area contributed by atoms with E-state index in [1.54, 1.807) is 0 Å². The zero-order valence-electron chi connectivity index (χ0n) is 14.3. The first-order valence-electron chi connectivity index (χ1n) is 8.31. The third kappa shape index (κ3) is 8.69. The molecule has 1 saturated carbocycles. The van der Waals surface area contributed by atoms with Crippen molar-refractivity contribution in [2.45, 2.75) is 58.1 Å². The number of carbonyl (C=O) groups is 1. The van der Waals surface area contributed by atoms with Crippen LogP contribution in [0.2, 0.25) is 0 Å². The molecule has 0 saturated heterocycles. The maximum Gasteiger partial charge on any atom is 0.407 e. The minimum absolute atomic E-state index is 0.307. The van der Waals surface area contributed by atoms with E-state index in [2.05, 4.69) is 17.2 Å². The second kappa shape index (κ2) is 10.2. The number of nitrogens with one attached hydrogen (secondary N) is 2. The van der Waals surface area contributed by atoms with Gasteiger partial charge in [-0.05, 0) is 39.5 Å². The van der Waals surface area contributed by atoms with Crippen molar-refractivity contribution in [1.82, 2.24) is 10.6 Å². The molecule has 0 heterocycles. The van der Waals surface area contributed by atoms with Crippen molar-refractivity contribution < 1.29 is 9.53 Å². The van der Waals surface area contributed by atoms with Crippen molar-refractivity contribution in [3.05, 3.63) is 12.7 Å². The van der Waals surface area contributed by atoms with E-state index in [9.17, 15) is 4.79 Å². The highest BCUT2D eigenvalue weighted by Gasteiger charge is 2.25. The Morgan fingerprint density at radius 1 is 1.36 bits per heavy atom. The highest BCUT2D eigenvalue weighted by Crippen LogP contribution is 2.24. The van der Waals surface area contributed by atoms with Gasteiger partial charge in [-0.1, -0.05) is 18.9 Å². The van der Waals surface area contributed by atoms with Gasteiger partial charge < -0.3 is 15.4 Å². The summed E-state index contributed by atoms with van der Waals surface area (Å²) in [5.74, 6) is 2.62. The number of thioether (sulfide) groups is 1. The average molecular weight is 329 g/mol.